The molecule has 0 aliphatic carbocycles. The first-order valence-corrected chi connectivity index (χ1v) is 7.82. The molecule has 2 rings (SSSR count). The molecule has 0 radical (unpaired) electrons. The number of aryl methyl sites for hydroxylation is 1. The van der Waals surface area contributed by atoms with E-state index in [-0.39, 0.29) is 0 Å². The van der Waals surface area contributed by atoms with Gasteiger partial charge >= 0.3 is 0 Å². The van der Waals surface area contributed by atoms with Crippen LogP contribution in [-0.2, 0) is 6.42 Å². The number of hydrogen-bond donors (Lipinski definition) is 0. The Kier molecular flexibility index (Phi) is 6.22. The van der Waals surface area contributed by atoms with Gasteiger partial charge in [0.2, 0.25) is 0 Å². The molecule has 19 heavy (non-hydrogen) atoms. The summed E-state index contributed by atoms with van der Waals surface area (Å²) in [4.78, 5) is 2.59. The predicted octanol–water partition coefficient (Wildman–Crippen LogP) is 3.89. The lowest BCUT2D eigenvalue weighted by Gasteiger charge is -2.19. The van der Waals surface area contributed by atoms with Crippen molar-refractivity contribution >= 4 is 0 Å². The first-order chi connectivity index (χ1) is 9.38. The van der Waals surface area contributed by atoms with Crippen molar-refractivity contribution in [2.75, 3.05) is 26.2 Å². The van der Waals surface area contributed by atoms with Gasteiger partial charge in [-0.15, -0.1) is 0 Å². The van der Waals surface area contributed by atoms with E-state index in [4.69, 9.17) is 4.74 Å². The largest absolute Gasteiger partial charge is 0.494 e. The molecular formula is C17H27NO. The Morgan fingerprint density at radius 2 is 1.68 bits per heavy atom. The van der Waals surface area contributed by atoms with Gasteiger partial charge in [-0.25, -0.2) is 0 Å². The van der Waals surface area contributed by atoms with E-state index in [0.717, 1.165) is 25.2 Å². The molecule has 2 heteroatoms. The van der Waals surface area contributed by atoms with Crippen LogP contribution in [0.15, 0.2) is 24.3 Å². The van der Waals surface area contributed by atoms with Crippen LogP contribution in [0.1, 0.15) is 44.6 Å². The minimum atomic E-state index is 0.835. The molecule has 1 aliphatic heterocycles. The molecule has 0 bridgehead atoms. The molecule has 1 fully saturated rings. The van der Waals surface area contributed by atoms with Gasteiger partial charge < -0.3 is 9.64 Å². The zero-order valence-corrected chi connectivity index (χ0v) is 12.2. The van der Waals surface area contributed by atoms with E-state index in [1.165, 1.54) is 50.9 Å². The highest BCUT2D eigenvalue weighted by atomic mass is 16.5. The van der Waals surface area contributed by atoms with Gasteiger partial charge in [-0.1, -0.05) is 31.9 Å². The lowest BCUT2D eigenvalue weighted by molar-refractivity contribution is 0.240. The summed E-state index contributed by atoms with van der Waals surface area (Å²) in [5.41, 5.74) is 1.37. The summed E-state index contributed by atoms with van der Waals surface area (Å²) in [6, 6.07) is 8.49. The van der Waals surface area contributed by atoms with Gasteiger partial charge in [-0.3, -0.25) is 0 Å². The van der Waals surface area contributed by atoms with Gasteiger partial charge in [0.05, 0.1) is 6.61 Å². The Morgan fingerprint density at radius 3 is 2.32 bits per heavy atom. The van der Waals surface area contributed by atoms with Gasteiger partial charge in [0.1, 0.15) is 5.75 Å². The fourth-order valence-electron chi connectivity index (χ4n) is 2.66. The summed E-state index contributed by atoms with van der Waals surface area (Å²) in [6.45, 7) is 6.77. The molecule has 0 aromatic heterocycles. The number of likely N-dealkylation sites (tertiary alicyclic amines) is 1. The highest BCUT2D eigenvalue weighted by Crippen LogP contribution is 2.13. The van der Waals surface area contributed by atoms with Crippen LogP contribution in [0.3, 0.4) is 0 Å². The summed E-state index contributed by atoms with van der Waals surface area (Å²) in [7, 11) is 0. The zero-order chi connectivity index (χ0) is 13.3. The number of hydrogen-bond acceptors (Lipinski definition) is 2. The summed E-state index contributed by atoms with van der Waals surface area (Å²) in [6.07, 6.45) is 7.80. The van der Waals surface area contributed by atoms with Crippen LogP contribution in [-0.4, -0.2) is 31.1 Å². The first-order valence-electron chi connectivity index (χ1n) is 7.82. The standard InChI is InChI=1S/C17H27NO/c1-2-16-8-10-17(11-9-16)19-15-7-14-18-12-5-3-4-6-13-18/h8-11H,2-7,12-15H2,1H3. The number of nitrogens with zero attached hydrogens (tertiary/aromatic N) is 1. The van der Waals surface area contributed by atoms with Crippen LogP contribution in [0.25, 0.3) is 0 Å². The summed E-state index contributed by atoms with van der Waals surface area (Å²) in [5, 5.41) is 0. The van der Waals surface area contributed by atoms with Gasteiger partial charge in [0.25, 0.3) is 0 Å². The monoisotopic (exact) mass is 261 g/mol. The van der Waals surface area contributed by atoms with Gasteiger partial charge in [-0.2, -0.15) is 0 Å². The van der Waals surface area contributed by atoms with E-state index < -0.39 is 0 Å². The van der Waals surface area contributed by atoms with Gasteiger partial charge in [-0.05, 0) is 56.5 Å². The Labute approximate surface area is 117 Å². The Balaban J connectivity index is 1.62. The molecule has 1 heterocycles. The maximum Gasteiger partial charge on any atom is 0.119 e. The number of rotatable bonds is 6. The molecule has 0 N–H and O–H groups in total. The second-order valence-electron chi connectivity index (χ2n) is 5.46. The van der Waals surface area contributed by atoms with Crippen LogP contribution < -0.4 is 4.74 Å². The second-order valence-corrected chi connectivity index (χ2v) is 5.46. The normalized spacial score (nSPS) is 17.1. The van der Waals surface area contributed by atoms with Crippen molar-refractivity contribution in [2.45, 2.75) is 45.4 Å². The third-order valence-corrected chi connectivity index (χ3v) is 3.92. The minimum absolute atomic E-state index is 0.835. The predicted molar refractivity (Wildman–Crippen MR) is 80.8 cm³/mol. The molecular weight excluding hydrogens is 234 g/mol. The highest BCUT2D eigenvalue weighted by molar-refractivity contribution is 5.27. The van der Waals surface area contributed by atoms with Crippen molar-refractivity contribution in [1.29, 1.82) is 0 Å². The molecule has 106 valence electrons. The second kappa shape index (κ2) is 8.21. The van der Waals surface area contributed by atoms with Crippen LogP contribution in [0.4, 0.5) is 0 Å². The van der Waals surface area contributed by atoms with Crippen LogP contribution >= 0.6 is 0 Å². The maximum absolute atomic E-state index is 5.80. The molecule has 1 saturated heterocycles. The van der Waals surface area contributed by atoms with E-state index in [1.807, 2.05) is 0 Å². The maximum atomic E-state index is 5.80. The SMILES string of the molecule is CCc1ccc(OCCCN2CCCCCC2)cc1. The van der Waals surface area contributed by atoms with Crippen molar-refractivity contribution in [3.05, 3.63) is 29.8 Å². The van der Waals surface area contributed by atoms with Crippen LogP contribution in [0, 0.1) is 0 Å². The molecule has 1 aromatic rings. The minimum Gasteiger partial charge on any atom is -0.494 e. The van der Waals surface area contributed by atoms with Crippen molar-refractivity contribution in [3.8, 4) is 5.75 Å². The summed E-state index contributed by atoms with van der Waals surface area (Å²) < 4.78 is 5.80. The Morgan fingerprint density at radius 1 is 1.00 bits per heavy atom. The summed E-state index contributed by atoms with van der Waals surface area (Å²) in [5.74, 6) is 1.01. The van der Waals surface area contributed by atoms with Gasteiger partial charge in [0, 0.05) is 6.54 Å². The molecule has 0 atom stereocenters. The fraction of sp³-hybridized carbons (Fsp3) is 0.647. The number of benzene rings is 1. The zero-order valence-electron chi connectivity index (χ0n) is 12.2. The molecule has 1 aliphatic rings. The average molecular weight is 261 g/mol. The smallest absolute Gasteiger partial charge is 0.119 e. The van der Waals surface area contributed by atoms with E-state index in [0.29, 0.717) is 0 Å². The molecule has 0 saturated carbocycles. The molecule has 0 spiro atoms. The summed E-state index contributed by atoms with van der Waals surface area (Å²) >= 11 is 0. The van der Waals surface area contributed by atoms with Crippen molar-refractivity contribution < 1.29 is 4.74 Å². The van der Waals surface area contributed by atoms with E-state index in [2.05, 4.69) is 36.1 Å². The van der Waals surface area contributed by atoms with E-state index >= 15 is 0 Å². The topological polar surface area (TPSA) is 12.5 Å². The third-order valence-electron chi connectivity index (χ3n) is 3.92. The van der Waals surface area contributed by atoms with Crippen molar-refractivity contribution in [3.63, 3.8) is 0 Å². The lowest BCUT2D eigenvalue weighted by atomic mass is 10.2. The van der Waals surface area contributed by atoms with Gasteiger partial charge in [0.15, 0.2) is 0 Å². The number of ether oxygens (including phenoxy) is 1. The van der Waals surface area contributed by atoms with Crippen LogP contribution in [0.2, 0.25) is 0 Å². The first kappa shape index (κ1) is 14.4. The highest BCUT2D eigenvalue weighted by Gasteiger charge is 2.08. The van der Waals surface area contributed by atoms with E-state index in [1.54, 1.807) is 0 Å². The Bertz CT molecular complexity index is 339. The lowest BCUT2D eigenvalue weighted by Crippen LogP contribution is -2.26. The Hall–Kier alpha value is -1.02. The molecule has 2 nitrogen and oxygen atoms in total. The molecule has 0 amide bonds. The fourth-order valence-corrected chi connectivity index (χ4v) is 2.66. The van der Waals surface area contributed by atoms with Crippen LogP contribution in [0.5, 0.6) is 5.75 Å². The van der Waals surface area contributed by atoms with E-state index in [9.17, 15) is 0 Å². The van der Waals surface area contributed by atoms with Crippen molar-refractivity contribution in [1.82, 2.24) is 4.90 Å². The molecule has 1 aromatic carbocycles. The molecule has 0 unspecified atom stereocenters. The average Bonchev–Trinajstić information content (AvgIpc) is 2.73. The quantitative estimate of drug-likeness (QED) is 0.720. The van der Waals surface area contributed by atoms with Crippen molar-refractivity contribution in [2.24, 2.45) is 0 Å². The third kappa shape index (κ3) is 5.23.